The average molecular weight is 203 g/mol. The first-order chi connectivity index (χ1) is 7.08. The van der Waals surface area contributed by atoms with Crippen molar-refractivity contribution in [1.29, 1.82) is 0 Å². The van der Waals surface area contributed by atoms with Gasteiger partial charge in [-0.15, -0.1) is 0 Å². The van der Waals surface area contributed by atoms with Gasteiger partial charge in [0.25, 0.3) is 0 Å². The van der Waals surface area contributed by atoms with E-state index in [1.54, 1.807) is 6.07 Å². The molecule has 0 bridgehead atoms. The lowest BCUT2D eigenvalue weighted by Gasteiger charge is -2.02. The van der Waals surface area contributed by atoms with Gasteiger partial charge in [0.05, 0.1) is 11.7 Å². The molecule has 0 unspecified atom stereocenters. The summed E-state index contributed by atoms with van der Waals surface area (Å²) in [5.74, 6) is -0.612. The van der Waals surface area contributed by atoms with Crippen molar-refractivity contribution in [2.24, 2.45) is 0 Å². The van der Waals surface area contributed by atoms with Gasteiger partial charge in [-0.05, 0) is 24.6 Å². The fraction of sp³-hybridized carbons (Fsp3) is 0.100. The van der Waals surface area contributed by atoms with Crippen molar-refractivity contribution in [3.63, 3.8) is 0 Å². The number of carboxylic acid groups (broad SMARTS) is 1. The zero-order valence-electron chi connectivity index (χ0n) is 8.06. The Kier molecular flexibility index (Phi) is 2.00. The highest BCUT2D eigenvalue weighted by atomic mass is 16.4. The maximum absolute atomic E-state index is 10.7. The number of aromatic carboxylic acids is 1. The second kappa shape index (κ2) is 3.20. The third kappa shape index (κ3) is 1.59. The number of pyridine rings is 2. The van der Waals surface area contributed by atoms with Gasteiger partial charge in [-0.2, -0.15) is 0 Å². The first-order valence-corrected chi connectivity index (χ1v) is 4.34. The number of nitrogens with zero attached hydrogens (tertiary/aromatic N) is 2. The number of rotatable bonds is 1. The summed E-state index contributed by atoms with van der Waals surface area (Å²) < 4.78 is 0. The van der Waals surface area contributed by atoms with E-state index in [-0.39, 0.29) is 5.69 Å². The van der Waals surface area contributed by atoms with Crippen molar-refractivity contribution in [2.45, 2.75) is 6.92 Å². The Morgan fingerprint density at radius 3 is 2.87 bits per heavy atom. The van der Waals surface area contributed by atoms with Crippen molar-refractivity contribution in [3.8, 4) is 0 Å². The molecule has 2 heterocycles. The van der Waals surface area contributed by atoms with Crippen LogP contribution < -0.4 is 5.73 Å². The summed E-state index contributed by atoms with van der Waals surface area (Å²) >= 11 is 0. The van der Waals surface area contributed by atoms with Crippen LogP contribution in [0.4, 0.5) is 5.82 Å². The van der Waals surface area contributed by atoms with Crippen LogP contribution in [0.3, 0.4) is 0 Å². The Balaban J connectivity index is 2.72. The Hall–Kier alpha value is -2.17. The third-order valence-corrected chi connectivity index (χ3v) is 2.15. The van der Waals surface area contributed by atoms with Gasteiger partial charge in [-0.3, -0.25) is 0 Å². The van der Waals surface area contributed by atoms with Gasteiger partial charge in [0.2, 0.25) is 0 Å². The quantitative estimate of drug-likeness (QED) is 0.727. The molecular formula is C10H9N3O2. The Morgan fingerprint density at radius 2 is 2.20 bits per heavy atom. The molecule has 76 valence electrons. The van der Waals surface area contributed by atoms with Gasteiger partial charge >= 0.3 is 5.97 Å². The summed E-state index contributed by atoms with van der Waals surface area (Å²) in [6, 6.07) is 3.28. The third-order valence-electron chi connectivity index (χ3n) is 2.15. The number of aryl methyl sites for hydroxylation is 1. The van der Waals surface area contributed by atoms with Gasteiger partial charge in [0, 0.05) is 5.39 Å². The number of fused-ring (bicyclic) bond motifs is 1. The molecule has 15 heavy (non-hydrogen) atoms. The lowest BCUT2D eigenvalue weighted by atomic mass is 10.2. The molecule has 0 aromatic carbocycles. The van der Waals surface area contributed by atoms with E-state index in [0.717, 1.165) is 10.9 Å². The molecule has 3 N–H and O–H groups in total. The van der Waals surface area contributed by atoms with Crippen LogP contribution in [0.25, 0.3) is 10.9 Å². The summed E-state index contributed by atoms with van der Waals surface area (Å²) in [7, 11) is 0. The van der Waals surface area contributed by atoms with Gasteiger partial charge in [-0.1, -0.05) is 0 Å². The summed E-state index contributed by atoms with van der Waals surface area (Å²) in [6.07, 6.45) is 1.41. The molecule has 5 heteroatoms. The highest BCUT2D eigenvalue weighted by Gasteiger charge is 2.07. The molecule has 0 aliphatic heterocycles. The fourth-order valence-electron chi connectivity index (χ4n) is 1.31. The number of nitrogen functional groups attached to an aromatic ring is 1. The van der Waals surface area contributed by atoms with E-state index in [0.29, 0.717) is 11.3 Å². The van der Waals surface area contributed by atoms with Gasteiger partial charge < -0.3 is 10.8 Å². The second-order valence-electron chi connectivity index (χ2n) is 3.26. The number of aromatic nitrogens is 2. The lowest BCUT2D eigenvalue weighted by Crippen LogP contribution is -2.01. The molecule has 0 fully saturated rings. The van der Waals surface area contributed by atoms with E-state index in [2.05, 4.69) is 9.97 Å². The first kappa shape index (κ1) is 9.39. The predicted molar refractivity (Wildman–Crippen MR) is 55.6 cm³/mol. The van der Waals surface area contributed by atoms with Crippen molar-refractivity contribution >= 4 is 22.7 Å². The van der Waals surface area contributed by atoms with Crippen LogP contribution >= 0.6 is 0 Å². The topological polar surface area (TPSA) is 89.1 Å². The predicted octanol–water partition coefficient (Wildman–Crippen LogP) is 1.22. The maximum Gasteiger partial charge on any atom is 0.354 e. The minimum atomic E-state index is -1.05. The molecule has 5 nitrogen and oxygen atoms in total. The molecule has 0 saturated carbocycles. The smallest absolute Gasteiger partial charge is 0.354 e. The number of nitrogens with two attached hydrogens (primary N) is 1. The number of carbonyl (C=O) groups is 1. The molecule has 0 amide bonds. The SMILES string of the molecule is Cc1cc2cc(C(=O)O)ncc2nc1N. The van der Waals surface area contributed by atoms with E-state index in [4.69, 9.17) is 10.8 Å². The molecule has 0 radical (unpaired) electrons. The normalized spacial score (nSPS) is 10.5. The summed E-state index contributed by atoms with van der Waals surface area (Å²) in [6.45, 7) is 1.82. The molecular weight excluding hydrogens is 194 g/mol. The zero-order chi connectivity index (χ0) is 11.0. The van der Waals surface area contributed by atoms with E-state index < -0.39 is 5.97 Å². The Bertz CT molecular complexity index is 552. The molecule has 0 atom stereocenters. The van der Waals surface area contributed by atoms with Gasteiger partial charge in [-0.25, -0.2) is 14.8 Å². The van der Waals surface area contributed by atoms with Crippen molar-refractivity contribution in [2.75, 3.05) is 5.73 Å². The van der Waals surface area contributed by atoms with Crippen LogP contribution in [0.1, 0.15) is 16.1 Å². The molecule has 0 spiro atoms. The average Bonchev–Trinajstić information content (AvgIpc) is 2.19. The first-order valence-electron chi connectivity index (χ1n) is 4.34. The van der Waals surface area contributed by atoms with E-state index >= 15 is 0 Å². The van der Waals surface area contributed by atoms with E-state index in [1.165, 1.54) is 12.3 Å². The monoisotopic (exact) mass is 203 g/mol. The van der Waals surface area contributed by atoms with Crippen LogP contribution in [-0.2, 0) is 0 Å². The number of anilines is 1. The van der Waals surface area contributed by atoms with Crippen LogP contribution in [0.15, 0.2) is 18.3 Å². The highest BCUT2D eigenvalue weighted by molar-refractivity contribution is 5.91. The van der Waals surface area contributed by atoms with Crippen molar-refractivity contribution in [1.82, 2.24) is 9.97 Å². The zero-order valence-corrected chi connectivity index (χ0v) is 8.06. The minimum absolute atomic E-state index is 0.00784. The summed E-state index contributed by atoms with van der Waals surface area (Å²) in [5, 5.41) is 9.49. The number of hydrogen-bond acceptors (Lipinski definition) is 4. The van der Waals surface area contributed by atoms with E-state index in [9.17, 15) is 4.79 Å². The second-order valence-corrected chi connectivity index (χ2v) is 3.26. The number of carboxylic acids is 1. The summed E-state index contributed by atoms with van der Waals surface area (Å²) in [5.41, 5.74) is 7.06. The Morgan fingerprint density at radius 1 is 1.47 bits per heavy atom. The molecule has 2 aromatic heterocycles. The molecule has 2 rings (SSSR count). The molecule has 0 aliphatic carbocycles. The standard InChI is InChI=1S/C10H9N3O2/c1-5-2-6-3-7(10(14)15)12-4-8(6)13-9(5)11/h2-4H,1H3,(H2,11,13)(H,14,15). The van der Waals surface area contributed by atoms with Crippen molar-refractivity contribution in [3.05, 3.63) is 29.6 Å². The maximum atomic E-state index is 10.7. The van der Waals surface area contributed by atoms with Crippen LogP contribution in [0.2, 0.25) is 0 Å². The Labute approximate surface area is 85.6 Å². The summed E-state index contributed by atoms with van der Waals surface area (Å²) in [4.78, 5) is 18.5. The van der Waals surface area contributed by atoms with Gasteiger partial charge in [0.1, 0.15) is 11.5 Å². The molecule has 2 aromatic rings. The molecule has 0 saturated heterocycles. The highest BCUT2D eigenvalue weighted by Crippen LogP contribution is 2.17. The van der Waals surface area contributed by atoms with Crippen molar-refractivity contribution < 1.29 is 9.90 Å². The van der Waals surface area contributed by atoms with E-state index in [1.807, 2.05) is 6.92 Å². The fourth-order valence-corrected chi connectivity index (χ4v) is 1.31. The lowest BCUT2D eigenvalue weighted by molar-refractivity contribution is 0.0690. The van der Waals surface area contributed by atoms with Crippen LogP contribution in [0.5, 0.6) is 0 Å². The van der Waals surface area contributed by atoms with Crippen LogP contribution in [-0.4, -0.2) is 21.0 Å². The van der Waals surface area contributed by atoms with Crippen LogP contribution in [0, 0.1) is 6.92 Å². The minimum Gasteiger partial charge on any atom is -0.477 e. The molecule has 0 aliphatic rings. The largest absolute Gasteiger partial charge is 0.477 e. The van der Waals surface area contributed by atoms with Gasteiger partial charge in [0.15, 0.2) is 0 Å². The number of hydrogen-bond donors (Lipinski definition) is 2.